The van der Waals surface area contributed by atoms with E-state index in [1.165, 1.54) is 6.08 Å². The molecule has 0 saturated heterocycles. The number of aliphatic hydroxyl groups excluding tert-OH is 2. The molecule has 0 radical (unpaired) electrons. The van der Waals surface area contributed by atoms with Crippen molar-refractivity contribution in [1.82, 2.24) is 0 Å². The molecule has 0 aromatic heterocycles. The summed E-state index contributed by atoms with van der Waals surface area (Å²) < 4.78 is 0. The normalized spacial score (nSPS) is 26.1. The highest BCUT2D eigenvalue weighted by Gasteiger charge is 2.35. The maximum atomic E-state index is 10.8. The van der Waals surface area contributed by atoms with Crippen molar-refractivity contribution in [2.75, 3.05) is 0 Å². The summed E-state index contributed by atoms with van der Waals surface area (Å²) in [4.78, 5) is 10.8. The van der Waals surface area contributed by atoms with Crippen LogP contribution in [-0.4, -0.2) is 27.4 Å². The summed E-state index contributed by atoms with van der Waals surface area (Å²) in [6, 6.07) is 0. The highest BCUT2D eigenvalue weighted by atomic mass is 16.4. The van der Waals surface area contributed by atoms with Crippen molar-refractivity contribution in [3.8, 4) is 0 Å². The molecule has 14 heavy (non-hydrogen) atoms. The fourth-order valence-corrected chi connectivity index (χ4v) is 1.37. The number of allylic oxidation sites excluding steroid dienone is 1. The Balaban J connectivity index is 3.22. The zero-order chi connectivity index (χ0) is 10.9. The van der Waals surface area contributed by atoms with Crippen molar-refractivity contribution >= 4 is 5.97 Å². The van der Waals surface area contributed by atoms with E-state index in [0.29, 0.717) is 0 Å². The van der Waals surface area contributed by atoms with Gasteiger partial charge in [0.15, 0.2) is 0 Å². The Bertz CT molecular complexity index is 312. The van der Waals surface area contributed by atoms with Crippen LogP contribution in [0.4, 0.5) is 0 Å². The third-order valence-electron chi connectivity index (χ3n) is 2.53. The van der Waals surface area contributed by atoms with Gasteiger partial charge in [0.25, 0.3) is 0 Å². The second-order valence-corrected chi connectivity index (χ2v) is 3.93. The molecule has 0 aromatic carbocycles. The number of aliphatic hydroxyl groups is 2. The number of rotatable bonds is 1. The minimum Gasteiger partial charge on any atom is -0.511 e. The van der Waals surface area contributed by atoms with Gasteiger partial charge in [-0.15, -0.1) is 0 Å². The van der Waals surface area contributed by atoms with Crippen molar-refractivity contribution in [2.45, 2.75) is 26.4 Å². The Morgan fingerprint density at radius 3 is 2.64 bits per heavy atom. The minimum absolute atomic E-state index is 0.0530. The Labute approximate surface area is 82.2 Å². The van der Waals surface area contributed by atoms with E-state index in [9.17, 15) is 15.0 Å². The average molecular weight is 198 g/mol. The maximum absolute atomic E-state index is 10.8. The standard InChI is InChI=1S/C10H14O4/c1-10(2)7(11)5-3-4-6(8(10)12)9(13)14/h3,5,7,11-12H,4H2,1-2H3,(H,13,14). The number of hydrogen-bond acceptors (Lipinski definition) is 3. The van der Waals surface area contributed by atoms with Crippen LogP contribution in [0, 0.1) is 5.41 Å². The molecular weight excluding hydrogens is 184 g/mol. The van der Waals surface area contributed by atoms with Gasteiger partial charge in [-0.25, -0.2) is 4.79 Å². The van der Waals surface area contributed by atoms with E-state index < -0.39 is 17.5 Å². The number of carboxylic acids is 1. The fourth-order valence-electron chi connectivity index (χ4n) is 1.37. The first kappa shape index (κ1) is 10.8. The van der Waals surface area contributed by atoms with Crippen molar-refractivity contribution < 1.29 is 20.1 Å². The molecule has 1 aliphatic carbocycles. The van der Waals surface area contributed by atoms with Gasteiger partial charge in [-0.3, -0.25) is 0 Å². The average Bonchev–Trinajstić information content (AvgIpc) is 2.17. The summed E-state index contributed by atoms with van der Waals surface area (Å²) in [5, 5.41) is 28.1. The zero-order valence-corrected chi connectivity index (χ0v) is 8.19. The first-order chi connectivity index (χ1) is 6.37. The molecule has 78 valence electrons. The molecule has 0 aliphatic heterocycles. The van der Waals surface area contributed by atoms with Gasteiger partial charge in [0, 0.05) is 6.42 Å². The molecule has 0 aromatic rings. The monoisotopic (exact) mass is 198 g/mol. The second-order valence-electron chi connectivity index (χ2n) is 3.93. The van der Waals surface area contributed by atoms with E-state index in [2.05, 4.69) is 0 Å². The van der Waals surface area contributed by atoms with Crippen LogP contribution in [0.5, 0.6) is 0 Å². The molecule has 0 heterocycles. The number of carboxylic acid groups (broad SMARTS) is 1. The highest BCUT2D eigenvalue weighted by Crippen LogP contribution is 2.34. The molecule has 1 unspecified atom stereocenters. The topological polar surface area (TPSA) is 77.8 Å². The van der Waals surface area contributed by atoms with E-state index in [0.717, 1.165) is 0 Å². The summed E-state index contributed by atoms with van der Waals surface area (Å²) in [7, 11) is 0. The van der Waals surface area contributed by atoms with E-state index >= 15 is 0 Å². The van der Waals surface area contributed by atoms with Crippen LogP contribution in [0.2, 0.25) is 0 Å². The molecule has 3 N–H and O–H groups in total. The van der Waals surface area contributed by atoms with Gasteiger partial charge in [0.1, 0.15) is 5.76 Å². The van der Waals surface area contributed by atoms with Crippen molar-refractivity contribution in [1.29, 1.82) is 0 Å². The number of hydrogen-bond donors (Lipinski definition) is 3. The Morgan fingerprint density at radius 1 is 1.57 bits per heavy atom. The van der Waals surface area contributed by atoms with Crippen LogP contribution in [0.15, 0.2) is 23.5 Å². The SMILES string of the molecule is CC1(C)C(O)=C(C(=O)O)CC=CC1O. The summed E-state index contributed by atoms with van der Waals surface area (Å²) >= 11 is 0. The van der Waals surface area contributed by atoms with Crippen LogP contribution < -0.4 is 0 Å². The third-order valence-corrected chi connectivity index (χ3v) is 2.53. The predicted molar refractivity (Wildman–Crippen MR) is 50.8 cm³/mol. The molecule has 1 aliphatic rings. The van der Waals surface area contributed by atoms with Crippen LogP contribution in [0.1, 0.15) is 20.3 Å². The summed E-state index contributed by atoms with van der Waals surface area (Å²) in [5.41, 5.74) is -0.997. The molecule has 0 saturated carbocycles. The third kappa shape index (κ3) is 1.65. The van der Waals surface area contributed by atoms with Crippen LogP contribution in [0.3, 0.4) is 0 Å². The van der Waals surface area contributed by atoms with Gasteiger partial charge < -0.3 is 15.3 Å². The molecule has 0 amide bonds. The minimum atomic E-state index is -1.14. The first-order valence-electron chi connectivity index (χ1n) is 4.38. The molecule has 1 atom stereocenters. The van der Waals surface area contributed by atoms with Crippen LogP contribution in [-0.2, 0) is 4.79 Å². The van der Waals surface area contributed by atoms with E-state index in [-0.39, 0.29) is 17.8 Å². The fraction of sp³-hybridized carbons (Fsp3) is 0.500. The zero-order valence-electron chi connectivity index (χ0n) is 8.19. The van der Waals surface area contributed by atoms with Crippen molar-refractivity contribution in [3.63, 3.8) is 0 Å². The smallest absolute Gasteiger partial charge is 0.335 e. The van der Waals surface area contributed by atoms with E-state index in [4.69, 9.17) is 5.11 Å². The van der Waals surface area contributed by atoms with E-state index in [1.807, 2.05) is 0 Å². The summed E-state index contributed by atoms with van der Waals surface area (Å²) in [6.07, 6.45) is 2.34. The molecule has 0 fully saturated rings. The van der Waals surface area contributed by atoms with Crippen molar-refractivity contribution in [2.24, 2.45) is 5.41 Å². The lowest BCUT2D eigenvalue weighted by Crippen LogP contribution is -2.30. The lowest BCUT2D eigenvalue weighted by molar-refractivity contribution is -0.133. The lowest BCUT2D eigenvalue weighted by Gasteiger charge is -2.27. The molecule has 4 nitrogen and oxygen atoms in total. The summed E-state index contributed by atoms with van der Waals surface area (Å²) in [5.74, 6) is -1.39. The van der Waals surface area contributed by atoms with E-state index in [1.54, 1.807) is 19.9 Å². The largest absolute Gasteiger partial charge is 0.511 e. The quantitative estimate of drug-likeness (QED) is 0.554. The predicted octanol–water partition coefficient (Wildman–Crippen LogP) is 1.23. The molecular formula is C10H14O4. The molecule has 1 rings (SSSR count). The van der Waals surface area contributed by atoms with Gasteiger partial charge in [0.2, 0.25) is 0 Å². The number of aliphatic carboxylic acids is 1. The van der Waals surface area contributed by atoms with Gasteiger partial charge in [-0.05, 0) is 13.8 Å². The maximum Gasteiger partial charge on any atom is 0.335 e. The van der Waals surface area contributed by atoms with Crippen molar-refractivity contribution in [3.05, 3.63) is 23.5 Å². The highest BCUT2D eigenvalue weighted by molar-refractivity contribution is 5.87. The van der Waals surface area contributed by atoms with Crippen LogP contribution in [0.25, 0.3) is 0 Å². The molecule has 0 bridgehead atoms. The molecule has 0 spiro atoms. The Kier molecular flexibility index (Phi) is 2.66. The van der Waals surface area contributed by atoms with Gasteiger partial charge in [-0.2, -0.15) is 0 Å². The van der Waals surface area contributed by atoms with Gasteiger partial charge in [0.05, 0.1) is 17.1 Å². The first-order valence-corrected chi connectivity index (χ1v) is 4.38. The number of carbonyl (C=O) groups is 1. The summed E-state index contributed by atoms with van der Waals surface area (Å²) in [6.45, 7) is 3.21. The Hall–Kier alpha value is -1.29. The second kappa shape index (κ2) is 3.46. The molecule has 4 heteroatoms. The van der Waals surface area contributed by atoms with Gasteiger partial charge >= 0.3 is 5.97 Å². The van der Waals surface area contributed by atoms with Gasteiger partial charge in [-0.1, -0.05) is 12.2 Å². The Morgan fingerprint density at radius 2 is 2.14 bits per heavy atom. The lowest BCUT2D eigenvalue weighted by atomic mass is 9.83. The van der Waals surface area contributed by atoms with Crippen LogP contribution >= 0.6 is 0 Å².